The van der Waals surface area contributed by atoms with Gasteiger partial charge in [0, 0.05) is 63.1 Å². The SMILES string of the molecule is CN=C(NC1CC1c1c(F)cccc1F)N1CCN(c2ncccn2)CC1. The molecule has 2 fully saturated rings. The first kappa shape index (κ1) is 17.6. The summed E-state index contributed by atoms with van der Waals surface area (Å²) >= 11 is 0. The zero-order chi connectivity index (χ0) is 18.8. The molecule has 6 nitrogen and oxygen atoms in total. The molecular weight excluding hydrogens is 350 g/mol. The maximum absolute atomic E-state index is 14.0. The lowest BCUT2D eigenvalue weighted by molar-refractivity contribution is 0.369. The van der Waals surface area contributed by atoms with Gasteiger partial charge in [0.1, 0.15) is 11.6 Å². The van der Waals surface area contributed by atoms with Crippen LogP contribution in [0.1, 0.15) is 17.9 Å². The number of piperazine rings is 1. The number of halogens is 2. The summed E-state index contributed by atoms with van der Waals surface area (Å²) in [6.07, 6.45) is 4.18. The van der Waals surface area contributed by atoms with Crippen LogP contribution in [0.3, 0.4) is 0 Å². The van der Waals surface area contributed by atoms with Crippen LogP contribution >= 0.6 is 0 Å². The fourth-order valence-electron chi connectivity index (χ4n) is 3.57. The molecule has 1 saturated carbocycles. The molecule has 2 heterocycles. The molecule has 0 bridgehead atoms. The number of rotatable bonds is 3. The van der Waals surface area contributed by atoms with Crippen molar-refractivity contribution in [2.24, 2.45) is 4.99 Å². The highest BCUT2D eigenvalue weighted by molar-refractivity contribution is 5.81. The average molecular weight is 372 g/mol. The Morgan fingerprint density at radius 1 is 1.07 bits per heavy atom. The maximum atomic E-state index is 14.0. The average Bonchev–Trinajstić information content (AvgIpc) is 3.45. The minimum Gasteiger partial charge on any atom is -0.353 e. The topological polar surface area (TPSA) is 56.7 Å². The molecular formula is C19H22F2N6. The van der Waals surface area contributed by atoms with Crippen LogP contribution in [0.2, 0.25) is 0 Å². The molecule has 142 valence electrons. The van der Waals surface area contributed by atoms with Crippen molar-refractivity contribution in [3.8, 4) is 0 Å². The fourth-order valence-corrected chi connectivity index (χ4v) is 3.57. The first-order chi connectivity index (χ1) is 13.2. The van der Waals surface area contributed by atoms with E-state index >= 15 is 0 Å². The summed E-state index contributed by atoms with van der Waals surface area (Å²) in [4.78, 5) is 17.2. The van der Waals surface area contributed by atoms with E-state index in [4.69, 9.17) is 0 Å². The van der Waals surface area contributed by atoms with Crippen molar-refractivity contribution in [2.45, 2.75) is 18.4 Å². The molecule has 1 aromatic heterocycles. The van der Waals surface area contributed by atoms with E-state index in [0.29, 0.717) is 6.42 Å². The molecule has 1 aliphatic heterocycles. The Balaban J connectivity index is 1.35. The molecule has 4 rings (SSSR count). The Bertz CT molecular complexity index is 800. The van der Waals surface area contributed by atoms with Gasteiger partial charge in [0.2, 0.25) is 5.95 Å². The summed E-state index contributed by atoms with van der Waals surface area (Å²) in [5.74, 6) is 0.402. The van der Waals surface area contributed by atoms with Crippen molar-refractivity contribution in [2.75, 3.05) is 38.1 Å². The molecule has 1 aliphatic carbocycles. The molecule has 0 amide bonds. The van der Waals surface area contributed by atoms with Gasteiger partial charge in [-0.3, -0.25) is 4.99 Å². The third kappa shape index (κ3) is 3.70. The van der Waals surface area contributed by atoms with Crippen molar-refractivity contribution in [1.82, 2.24) is 20.2 Å². The lowest BCUT2D eigenvalue weighted by Gasteiger charge is -2.36. The van der Waals surface area contributed by atoms with Crippen LogP contribution in [0, 0.1) is 11.6 Å². The van der Waals surface area contributed by atoms with Crippen LogP contribution in [-0.4, -0.2) is 60.1 Å². The third-order valence-electron chi connectivity index (χ3n) is 5.10. The normalized spacial score (nSPS) is 22.7. The number of hydrogen-bond donors (Lipinski definition) is 1. The minimum atomic E-state index is -0.476. The summed E-state index contributed by atoms with van der Waals surface area (Å²) in [5.41, 5.74) is 0.177. The first-order valence-electron chi connectivity index (χ1n) is 9.11. The summed E-state index contributed by atoms with van der Waals surface area (Å²) in [5, 5.41) is 3.36. The highest BCUT2D eigenvalue weighted by Gasteiger charge is 2.43. The van der Waals surface area contributed by atoms with E-state index in [1.807, 2.05) is 0 Å². The number of nitrogens with zero attached hydrogens (tertiary/aromatic N) is 5. The lowest BCUT2D eigenvalue weighted by Crippen LogP contribution is -2.53. The van der Waals surface area contributed by atoms with Gasteiger partial charge in [0.25, 0.3) is 0 Å². The van der Waals surface area contributed by atoms with Gasteiger partial charge in [-0.25, -0.2) is 18.7 Å². The number of aromatic nitrogens is 2. The minimum absolute atomic E-state index is 0.00517. The molecule has 0 radical (unpaired) electrons. The molecule has 2 atom stereocenters. The van der Waals surface area contributed by atoms with Crippen LogP contribution in [0.4, 0.5) is 14.7 Å². The molecule has 8 heteroatoms. The van der Waals surface area contributed by atoms with Gasteiger partial charge >= 0.3 is 0 Å². The fraction of sp³-hybridized carbons (Fsp3) is 0.421. The van der Waals surface area contributed by atoms with E-state index in [-0.39, 0.29) is 17.5 Å². The largest absolute Gasteiger partial charge is 0.353 e. The summed E-state index contributed by atoms with van der Waals surface area (Å²) in [6, 6.07) is 5.83. The number of guanidine groups is 1. The van der Waals surface area contributed by atoms with Crippen molar-refractivity contribution < 1.29 is 8.78 Å². The number of nitrogens with one attached hydrogen (secondary N) is 1. The molecule has 27 heavy (non-hydrogen) atoms. The second kappa shape index (κ2) is 7.46. The quantitative estimate of drug-likeness (QED) is 0.660. The standard InChI is InChI=1S/C19H22F2N6/c1-22-18(25-16-12-13(16)17-14(20)4-2-5-15(17)21)26-8-10-27(11-9-26)19-23-6-3-7-24-19/h2-7,13,16H,8-12H2,1H3,(H,22,25). The Morgan fingerprint density at radius 2 is 1.74 bits per heavy atom. The molecule has 2 aromatic rings. The zero-order valence-electron chi connectivity index (χ0n) is 15.1. The van der Waals surface area contributed by atoms with E-state index in [0.717, 1.165) is 38.1 Å². The van der Waals surface area contributed by atoms with E-state index in [1.165, 1.54) is 18.2 Å². The number of anilines is 1. The molecule has 1 N–H and O–H groups in total. The van der Waals surface area contributed by atoms with Gasteiger partial charge in [0.05, 0.1) is 0 Å². The molecule has 0 spiro atoms. The molecule has 2 unspecified atom stereocenters. The second-order valence-corrected chi connectivity index (χ2v) is 6.80. The smallest absolute Gasteiger partial charge is 0.225 e. The monoisotopic (exact) mass is 372 g/mol. The predicted molar refractivity (Wildman–Crippen MR) is 99.8 cm³/mol. The molecule has 1 aromatic carbocycles. The lowest BCUT2D eigenvalue weighted by atomic mass is 10.1. The summed E-state index contributed by atoms with van der Waals surface area (Å²) < 4.78 is 27.9. The molecule has 2 aliphatic rings. The summed E-state index contributed by atoms with van der Waals surface area (Å²) in [6.45, 7) is 3.15. The van der Waals surface area contributed by atoms with Crippen molar-refractivity contribution in [3.05, 3.63) is 53.9 Å². The van der Waals surface area contributed by atoms with Crippen molar-refractivity contribution >= 4 is 11.9 Å². The number of hydrogen-bond acceptors (Lipinski definition) is 4. The summed E-state index contributed by atoms with van der Waals surface area (Å²) in [7, 11) is 1.73. The first-order valence-corrected chi connectivity index (χ1v) is 9.11. The van der Waals surface area contributed by atoms with Gasteiger partial charge in [0.15, 0.2) is 5.96 Å². The van der Waals surface area contributed by atoms with Crippen molar-refractivity contribution in [3.63, 3.8) is 0 Å². The van der Waals surface area contributed by atoms with Crippen LogP contribution < -0.4 is 10.2 Å². The van der Waals surface area contributed by atoms with E-state index in [2.05, 4.69) is 30.1 Å². The van der Waals surface area contributed by atoms with E-state index < -0.39 is 11.6 Å². The highest BCUT2D eigenvalue weighted by atomic mass is 19.1. The van der Waals surface area contributed by atoms with Crippen molar-refractivity contribution in [1.29, 1.82) is 0 Å². The Hall–Kier alpha value is -2.77. The number of benzene rings is 1. The highest BCUT2D eigenvalue weighted by Crippen LogP contribution is 2.43. The Labute approximate surface area is 156 Å². The van der Waals surface area contributed by atoms with Gasteiger partial charge in [-0.15, -0.1) is 0 Å². The van der Waals surface area contributed by atoms with Crippen LogP contribution in [0.25, 0.3) is 0 Å². The third-order valence-corrected chi connectivity index (χ3v) is 5.10. The van der Waals surface area contributed by atoms with Gasteiger partial charge < -0.3 is 15.1 Å². The van der Waals surface area contributed by atoms with Gasteiger partial charge in [-0.2, -0.15) is 0 Å². The second-order valence-electron chi connectivity index (χ2n) is 6.80. The van der Waals surface area contributed by atoms with E-state index in [1.54, 1.807) is 25.5 Å². The Morgan fingerprint density at radius 3 is 2.37 bits per heavy atom. The van der Waals surface area contributed by atoms with Gasteiger partial charge in [-0.1, -0.05) is 6.07 Å². The van der Waals surface area contributed by atoms with Crippen LogP contribution in [0.15, 0.2) is 41.7 Å². The van der Waals surface area contributed by atoms with Gasteiger partial charge in [-0.05, 0) is 24.6 Å². The predicted octanol–water partition coefficient (Wildman–Crippen LogP) is 2.01. The van der Waals surface area contributed by atoms with Crippen LogP contribution in [-0.2, 0) is 0 Å². The number of aliphatic imine (C=N–C) groups is 1. The Kier molecular flexibility index (Phi) is 4.87. The van der Waals surface area contributed by atoms with Crippen LogP contribution in [0.5, 0.6) is 0 Å². The van der Waals surface area contributed by atoms with E-state index in [9.17, 15) is 8.78 Å². The molecule has 1 saturated heterocycles. The maximum Gasteiger partial charge on any atom is 0.225 e. The zero-order valence-corrected chi connectivity index (χ0v) is 15.1.